The first kappa shape index (κ1) is 15.7. The molecule has 0 spiro atoms. The number of alkyl halides is 3. The molecule has 0 amide bonds. The van der Waals surface area contributed by atoms with Gasteiger partial charge in [0, 0.05) is 18.0 Å². The highest BCUT2D eigenvalue weighted by atomic mass is 19.4. The van der Waals surface area contributed by atoms with Crippen molar-refractivity contribution in [3.05, 3.63) is 66.1 Å². The van der Waals surface area contributed by atoms with Gasteiger partial charge in [0.2, 0.25) is 0 Å². The smallest absolute Gasteiger partial charge is 0.418 e. The fourth-order valence-corrected chi connectivity index (χ4v) is 2.27. The molecule has 0 radical (unpaired) electrons. The Kier molecular flexibility index (Phi) is 3.80. The number of hydrogen-bond donors (Lipinski definition) is 0. The summed E-state index contributed by atoms with van der Waals surface area (Å²) in [5.41, 5.74) is -1.12. The van der Waals surface area contributed by atoms with Gasteiger partial charge in [0.05, 0.1) is 28.6 Å². The minimum atomic E-state index is -4.65. The third kappa shape index (κ3) is 2.85. The summed E-state index contributed by atoms with van der Waals surface area (Å²) in [6, 6.07) is 8.91. The van der Waals surface area contributed by atoms with Gasteiger partial charge in [-0.15, -0.1) is 0 Å². The average Bonchev–Trinajstić information content (AvgIpc) is 3.00. The third-order valence-electron chi connectivity index (χ3n) is 3.33. The van der Waals surface area contributed by atoms with Gasteiger partial charge in [-0.1, -0.05) is 12.1 Å². The van der Waals surface area contributed by atoms with Crippen LogP contribution >= 0.6 is 0 Å². The second kappa shape index (κ2) is 5.80. The summed E-state index contributed by atoms with van der Waals surface area (Å²) in [6.45, 7) is 0. The van der Waals surface area contributed by atoms with Crippen LogP contribution in [-0.4, -0.2) is 20.7 Å². The van der Waals surface area contributed by atoms with Gasteiger partial charge in [0.1, 0.15) is 0 Å². The zero-order valence-corrected chi connectivity index (χ0v) is 12.0. The summed E-state index contributed by atoms with van der Waals surface area (Å²) in [4.78, 5) is 15.2. The van der Waals surface area contributed by atoms with Crippen LogP contribution in [0.3, 0.4) is 0 Å². The molecular formula is C16H9F3N3O2-. The average molecular weight is 332 g/mol. The van der Waals surface area contributed by atoms with Gasteiger partial charge >= 0.3 is 6.18 Å². The van der Waals surface area contributed by atoms with E-state index in [1.165, 1.54) is 24.5 Å². The van der Waals surface area contributed by atoms with E-state index in [0.29, 0.717) is 5.56 Å². The minimum absolute atomic E-state index is 0.202. The van der Waals surface area contributed by atoms with Crippen molar-refractivity contribution in [2.24, 2.45) is 0 Å². The predicted molar refractivity (Wildman–Crippen MR) is 76.1 cm³/mol. The Morgan fingerprint density at radius 1 is 1.08 bits per heavy atom. The van der Waals surface area contributed by atoms with Gasteiger partial charge < -0.3 is 9.90 Å². The van der Waals surface area contributed by atoms with Crippen molar-refractivity contribution < 1.29 is 23.1 Å². The number of para-hydroxylation sites is 1. The van der Waals surface area contributed by atoms with E-state index in [0.717, 1.165) is 22.9 Å². The Morgan fingerprint density at radius 3 is 2.38 bits per heavy atom. The van der Waals surface area contributed by atoms with E-state index < -0.39 is 23.4 Å². The molecule has 24 heavy (non-hydrogen) atoms. The minimum Gasteiger partial charge on any atom is -0.543 e. The first-order chi connectivity index (χ1) is 11.4. The van der Waals surface area contributed by atoms with Gasteiger partial charge in [-0.3, -0.25) is 4.98 Å². The van der Waals surface area contributed by atoms with Crippen LogP contribution in [0.2, 0.25) is 0 Å². The number of aromatic nitrogens is 3. The molecule has 0 saturated carbocycles. The second-order valence-corrected chi connectivity index (χ2v) is 4.86. The van der Waals surface area contributed by atoms with E-state index in [-0.39, 0.29) is 11.4 Å². The molecule has 2 aromatic heterocycles. The molecule has 122 valence electrons. The summed E-state index contributed by atoms with van der Waals surface area (Å²) < 4.78 is 40.3. The summed E-state index contributed by atoms with van der Waals surface area (Å²) in [7, 11) is 0. The van der Waals surface area contributed by atoms with Crippen molar-refractivity contribution in [3.8, 4) is 16.9 Å². The monoisotopic (exact) mass is 332 g/mol. The van der Waals surface area contributed by atoms with E-state index in [4.69, 9.17) is 0 Å². The number of aromatic carboxylic acids is 1. The highest BCUT2D eigenvalue weighted by Crippen LogP contribution is 2.34. The van der Waals surface area contributed by atoms with E-state index in [2.05, 4.69) is 10.1 Å². The molecule has 3 rings (SSSR count). The van der Waals surface area contributed by atoms with Crippen LogP contribution in [0.5, 0.6) is 0 Å². The number of halogens is 3. The van der Waals surface area contributed by atoms with E-state index in [9.17, 15) is 23.1 Å². The number of nitrogens with zero attached hydrogens (tertiary/aromatic N) is 3. The van der Waals surface area contributed by atoms with Crippen LogP contribution in [0.15, 0.2) is 54.9 Å². The Balaban J connectivity index is 2.22. The van der Waals surface area contributed by atoms with Crippen molar-refractivity contribution >= 4 is 5.97 Å². The van der Waals surface area contributed by atoms with Gasteiger partial charge in [-0.05, 0) is 30.3 Å². The predicted octanol–water partition coefficient (Wildman–Crippen LogP) is 2.32. The van der Waals surface area contributed by atoms with Crippen LogP contribution in [0.1, 0.15) is 16.1 Å². The maximum atomic E-state index is 13.2. The summed E-state index contributed by atoms with van der Waals surface area (Å²) in [5, 5.41) is 15.3. The highest BCUT2D eigenvalue weighted by molar-refractivity contribution is 5.86. The van der Waals surface area contributed by atoms with Crippen LogP contribution in [-0.2, 0) is 6.18 Å². The molecule has 0 aliphatic heterocycles. The Morgan fingerprint density at radius 2 is 1.75 bits per heavy atom. The van der Waals surface area contributed by atoms with Crippen molar-refractivity contribution in [2.75, 3.05) is 0 Å². The van der Waals surface area contributed by atoms with Gasteiger partial charge in [-0.2, -0.15) is 18.3 Å². The SMILES string of the molecule is O=C([O-])c1cc(-c2ccncc2)nn1-c1ccccc1C(F)(F)F. The number of carbonyl (C=O) groups is 1. The van der Waals surface area contributed by atoms with E-state index >= 15 is 0 Å². The Hall–Kier alpha value is -3.16. The first-order valence-corrected chi connectivity index (χ1v) is 6.76. The molecule has 0 aliphatic carbocycles. The Bertz CT molecular complexity index is 889. The second-order valence-electron chi connectivity index (χ2n) is 4.86. The molecule has 0 bridgehead atoms. The Labute approximate surface area is 134 Å². The number of carboxylic acids is 1. The molecule has 1 aromatic carbocycles. The van der Waals surface area contributed by atoms with Crippen molar-refractivity contribution in [3.63, 3.8) is 0 Å². The quantitative estimate of drug-likeness (QED) is 0.738. The summed E-state index contributed by atoms with van der Waals surface area (Å²) >= 11 is 0. The van der Waals surface area contributed by atoms with Gasteiger partial charge in [0.25, 0.3) is 0 Å². The molecule has 0 N–H and O–H groups in total. The number of carbonyl (C=O) groups excluding carboxylic acids is 1. The lowest BCUT2D eigenvalue weighted by Gasteiger charge is -2.14. The normalized spacial score (nSPS) is 11.5. The molecule has 0 fully saturated rings. The molecule has 2 heterocycles. The van der Waals surface area contributed by atoms with Crippen LogP contribution < -0.4 is 5.11 Å². The fourth-order valence-electron chi connectivity index (χ4n) is 2.27. The number of carboxylic acid groups (broad SMARTS) is 1. The zero-order chi connectivity index (χ0) is 17.3. The van der Waals surface area contributed by atoms with Gasteiger partial charge in [0.15, 0.2) is 0 Å². The molecular weight excluding hydrogens is 323 g/mol. The summed E-state index contributed by atoms with van der Waals surface area (Å²) in [5.74, 6) is -1.63. The highest BCUT2D eigenvalue weighted by Gasteiger charge is 2.34. The molecule has 0 saturated heterocycles. The maximum Gasteiger partial charge on any atom is 0.418 e. The number of hydrogen-bond acceptors (Lipinski definition) is 4. The third-order valence-corrected chi connectivity index (χ3v) is 3.33. The number of benzene rings is 1. The standard InChI is InChI=1S/C16H10F3N3O2/c17-16(18,19)11-3-1-2-4-13(11)22-14(15(23)24)9-12(21-22)10-5-7-20-8-6-10/h1-9H,(H,23,24)/p-1. The number of pyridine rings is 1. The zero-order valence-electron chi connectivity index (χ0n) is 12.0. The van der Waals surface area contributed by atoms with Crippen molar-refractivity contribution in [2.45, 2.75) is 6.18 Å². The van der Waals surface area contributed by atoms with Crippen molar-refractivity contribution in [1.29, 1.82) is 0 Å². The lowest BCUT2D eigenvalue weighted by molar-refractivity contribution is -0.255. The fraction of sp³-hybridized carbons (Fsp3) is 0.0625. The maximum absolute atomic E-state index is 13.2. The molecule has 8 heteroatoms. The summed E-state index contributed by atoms with van der Waals surface area (Å²) in [6.07, 6.45) is -1.71. The van der Waals surface area contributed by atoms with Crippen LogP contribution in [0, 0.1) is 0 Å². The topological polar surface area (TPSA) is 70.8 Å². The van der Waals surface area contributed by atoms with Gasteiger partial charge in [-0.25, -0.2) is 4.68 Å². The van der Waals surface area contributed by atoms with Crippen LogP contribution in [0.4, 0.5) is 13.2 Å². The van der Waals surface area contributed by atoms with E-state index in [1.807, 2.05) is 0 Å². The molecule has 0 unspecified atom stereocenters. The van der Waals surface area contributed by atoms with E-state index in [1.54, 1.807) is 12.1 Å². The van der Waals surface area contributed by atoms with Crippen LogP contribution in [0.25, 0.3) is 16.9 Å². The first-order valence-electron chi connectivity index (χ1n) is 6.76. The molecule has 5 nitrogen and oxygen atoms in total. The lowest BCUT2D eigenvalue weighted by Crippen LogP contribution is -2.26. The van der Waals surface area contributed by atoms with Crippen molar-refractivity contribution in [1.82, 2.24) is 14.8 Å². The molecule has 0 atom stereocenters. The number of rotatable bonds is 3. The largest absolute Gasteiger partial charge is 0.543 e. The molecule has 0 aliphatic rings. The molecule has 3 aromatic rings. The lowest BCUT2D eigenvalue weighted by atomic mass is 10.1.